The molecule has 5 rings (SSSR count). The fourth-order valence-corrected chi connectivity index (χ4v) is 4.42. The second-order valence-electron chi connectivity index (χ2n) is 8.08. The average Bonchev–Trinajstić information content (AvgIpc) is 3.07. The summed E-state index contributed by atoms with van der Waals surface area (Å²) in [5.41, 5.74) is 7.60. The number of allylic oxidation sites excluding steroid dienone is 1. The molecule has 0 unspecified atom stereocenters. The number of fused-ring (bicyclic) bond motifs is 3. The Hall–Kier alpha value is -3.91. The molecule has 32 heavy (non-hydrogen) atoms. The summed E-state index contributed by atoms with van der Waals surface area (Å²) in [6, 6.07) is 20.8. The molecule has 0 radical (unpaired) electrons. The Morgan fingerprint density at radius 3 is 2.84 bits per heavy atom. The summed E-state index contributed by atoms with van der Waals surface area (Å²) in [4.78, 5) is 9.35. The number of para-hydroxylation sites is 2. The standard InChI is InChI=1S/C27H24N4O/c1-3-7-26-30-22-9-4-5-10-24(22)31(26)16-19-11-12-21-25(14-19)32-17-23-20(8-6-13-29-23)27(21)18(2)15-28/h4-6,8-14H,3,7,16-17H2,1-2H3. The summed E-state index contributed by atoms with van der Waals surface area (Å²) in [6.07, 6.45) is 3.75. The van der Waals surface area contributed by atoms with E-state index in [1.807, 2.05) is 25.1 Å². The van der Waals surface area contributed by atoms with Crippen molar-refractivity contribution < 1.29 is 4.74 Å². The molecule has 0 bridgehead atoms. The zero-order valence-electron chi connectivity index (χ0n) is 18.3. The SMILES string of the molecule is CCCc1nc2ccccc2n1Cc1ccc2c(c1)OCc1ncccc1C2=C(C)C#N. The highest BCUT2D eigenvalue weighted by atomic mass is 16.5. The van der Waals surface area contributed by atoms with E-state index in [-0.39, 0.29) is 0 Å². The number of aromatic nitrogens is 3. The quantitative estimate of drug-likeness (QED) is 0.399. The van der Waals surface area contributed by atoms with Crippen LogP contribution >= 0.6 is 0 Å². The Bertz CT molecular complexity index is 1390. The highest BCUT2D eigenvalue weighted by molar-refractivity contribution is 5.88. The lowest BCUT2D eigenvalue weighted by Crippen LogP contribution is -2.06. The van der Waals surface area contributed by atoms with Gasteiger partial charge in [-0.2, -0.15) is 5.26 Å². The molecule has 2 aromatic heterocycles. The summed E-state index contributed by atoms with van der Waals surface area (Å²) in [7, 11) is 0. The molecule has 158 valence electrons. The second kappa shape index (κ2) is 8.32. The van der Waals surface area contributed by atoms with Crippen LogP contribution in [0.15, 0.2) is 66.4 Å². The van der Waals surface area contributed by atoms with Crippen LogP contribution in [0, 0.1) is 11.3 Å². The van der Waals surface area contributed by atoms with E-state index in [0.717, 1.165) is 63.4 Å². The monoisotopic (exact) mass is 420 g/mol. The second-order valence-corrected chi connectivity index (χ2v) is 8.08. The number of imidazole rings is 1. The summed E-state index contributed by atoms with van der Waals surface area (Å²) in [5, 5.41) is 9.66. The molecule has 5 nitrogen and oxygen atoms in total. The number of nitriles is 1. The molecule has 0 amide bonds. The van der Waals surface area contributed by atoms with Crippen LogP contribution in [0.5, 0.6) is 5.75 Å². The predicted octanol–water partition coefficient (Wildman–Crippen LogP) is 5.67. The molecule has 0 spiro atoms. The molecule has 0 saturated heterocycles. The normalized spacial score (nSPS) is 14.2. The molecule has 0 aliphatic carbocycles. The Morgan fingerprint density at radius 1 is 1.12 bits per heavy atom. The Morgan fingerprint density at radius 2 is 2.00 bits per heavy atom. The van der Waals surface area contributed by atoms with Crippen LogP contribution < -0.4 is 4.74 Å². The Balaban J connectivity index is 1.60. The predicted molar refractivity (Wildman–Crippen MR) is 125 cm³/mol. The van der Waals surface area contributed by atoms with Crippen molar-refractivity contribution >= 4 is 16.6 Å². The van der Waals surface area contributed by atoms with Gasteiger partial charge in [-0.3, -0.25) is 4.98 Å². The number of aryl methyl sites for hydroxylation is 1. The lowest BCUT2D eigenvalue weighted by Gasteiger charge is -2.14. The Kier molecular flexibility index (Phi) is 5.20. The van der Waals surface area contributed by atoms with Crippen molar-refractivity contribution in [3.63, 3.8) is 0 Å². The zero-order chi connectivity index (χ0) is 22.1. The molecule has 0 N–H and O–H groups in total. The van der Waals surface area contributed by atoms with Gasteiger partial charge in [0.1, 0.15) is 18.2 Å². The summed E-state index contributed by atoms with van der Waals surface area (Å²) >= 11 is 0. The largest absolute Gasteiger partial charge is 0.487 e. The van der Waals surface area contributed by atoms with E-state index in [1.165, 1.54) is 0 Å². The molecule has 1 aliphatic heterocycles. The fourth-order valence-electron chi connectivity index (χ4n) is 4.42. The van der Waals surface area contributed by atoms with Crippen LogP contribution in [0.3, 0.4) is 0 Å². The van der Waals surface area contributed by atoms with Crippen molar-refractivity contribution in [2.45, 2.75) is 39.8 Å². The van der Waals surface area contributed by atoms with Gasteiger partial charge >= 0.3 is 0 Å². The molecule has 0 atom stereocenters. The van der Waals surface area contributed by atoms with E-state index in [1.54, 1.807) is 6.20 Å². The number of benzene rings is 2. The third-order valence-corrected chi connectivity index (χ3v) is 5.93. The van der Waals surface area contributed by atoms with Crippen LogP contribution in [-0.2, 0) is 19.6 Å². The first-order valence-corrected chi connectivity index (χ1v) is 10.9. The number of ether oxygens (including phenoxy) is 1. The first-order valence-electron chi connectivity index (χ1n) is 10.9. The average molecular weight is 421 g/mol. The minimum absolute atomic E-state index is 0.379. The van der Waals surface area contributed by atoms with Gasteiger partial charge in [0.25, 0.3) is 0 Å². The van der Waals surface area contributed by atoms with E-state index in [2.05, 4.69) is 58.9 Å². The van der Waals surface area contributed by atoms with Gasteiger partial charge < -0.3 is 9.30 Å². The van der Waals surface area contributed by atoms with Gasteiger partial charge in [0, 0.05) is 41.4 Å². The highest BCUT2D eigenvalue weighted by Crippen LogP contribution is 2.38. The molecule has 0 saturated carbocycles. The molecule has 4 aromatic rings. The smallest absolute Gasteiger partial charge is 0.131 e. The first kappa shape index (κ1) is 20.0. The molecule has 2 aromatic carbocycles. The van der Waals surface area contributed by atoms with Crippen molar-refractivity contribution in [3.8, 4) is 11.8 Å². The van der Waals surface area contributed by atoms with Crippen LogP contribution in [-0.4, -0.2) is 14.5 Å². The summed E-state index contributed by atoms with van der Waals surface area (Å²) in [5.74, 6) is 1.88. The van der Waals surface area contributed by atoms with Crippen molar-refractivity contribution in [2.75, 3.05) is 0 Å². The van der Waals surface area contributed by atoms with E-state index in [9.17, 15) is 5.26 Å². The summed E-state index contributed by atoms with van der Waals surface area (Å²) in [6.45, 7) is 5.12. The molecule has 1 aliphatic rings. The van der Waals surface area contributed by atoms with Gasteiger partial charge in [0.15, 0.2) is 0 Å². The molecule has 5 heteroatoms. The van der Waals surface area contributed by atoms with E-state index in [4.69, 9.17) is 9.72 Å². The minimum Gasteiger partial charge on any atom is -0.487 e. The maximum absolute atomic E-state index is 9.66. The van der Waals surface area contributed by atoms with Crippen molar-refractivity contribution in [2.24, 2.45) is 0 Å². The van der Waals surface area contributed by atoms with Crippen LogP contribution in [0.4, 0.5) is 0 Å². The fraction of sp³-hybridized carbons (Fsp3) is 0.222. The van der Waals surface area contributed by atoms with E-state index >= 15 is 0 Å². The van der Waals surface area contributed by atoms with Crippen LogP contribution in [0.25, 0.3) is 16.6 Å². The van der Waals surface area contributed by atoms with Gasteiger partial charge in [-0.15, -0.1) is 0 Å². The summed E-state index contributed by atoms with van der Waals surface area (Å²) < 4.78 is 8.49. The number of pyridine rings is 1. The van der Waals surface area contributed by atoms with Gasteiger partial charge in [-0.05, 0) is 43.2 Å². The van der Waals surface area contributed by atoms with Gasteiger partial charge in [-0.1, -0.05) is 37.3 Å². The minimum atomic E-state index is 0.379. The maximum Gasteiger partial charge on any atom is 0.131 e. The number of nitrogens with zero attached hydrogens (tertiary/aromatic N) is 4. The van der Waals surface area contributed by atoms with Crippen molar-refractivity contribution in [1.82, 2.24) is 14.5 Å². The van der Waals surface area contributed by atoms with E-state index < -0.39 is 0 Å². The molecular formula is C27H24N4O. The first-order chi connectivity index (χ1) is 15.7. The van der Waals surface area contributed by atoms with Gasteiger partial charge in [0.2, 0.25) is 0 Å². The molecule has 0 fully saturated rings. The number of hydrogen-bond acceptors (Lipinski definition) is 4. The van der Waals surface area contributed by atoms with Crippen LogP contribution in [0.1, 0.15) is 48.5 Å². The van der Waals surface area contributed by atoms with Crippen LogP contribution in [0.2, 0.25) is 0 Å². The zero-order valence-corrected chi connectivity index (χ0v) is 18.3. The van der Waals surface area contributed by atoms with Gasteiger partial charge in [-0.25, -0.2) is 4.98 Å². The van der Waals surface area contributed by atoms with E-state index in [0.29, 0.717) is 18.7 Å². The third-order valence-electron chi connectivity index (χ3n) is 5.93. The lowest BCUT2D eigenvalue weighted by molar-refractivity contribution is 0.302. The Labute approximate surface area is 187 Å². The van der Waals surface area contributed by atoms with Crippen molar-refractivity contribution in [1.29, 1.82) is 5.26 Å². The lowest BCUT2D eigenvalue weighted by atomic mass is 9.92. The number of hydrogen-bond donors (Lipinski definition) is 0. The molecular weight excluding hydrogens is 396 g/mol. The van der Waals surface area contributed by atoms with Crippen molar-refractivity contribution in [3.05, 3.63) is 94.6 Å². The maximum atomic E-state index is 9.66. The third kappa shape index (κ3) is 3.44. The van der Waals surface area contributed by atoms with Gasteiger partial charge in [0.05, 0.1) is 22.8 Å². The molecule has 3 heterocycles. The topological polar surface area (TPSA) is 63.7 Å². The number of rotatable bonds is 4. The highest BCUT2D eigenvalue weighted by Gasteiger charge is 2.22.